The van der Waals surface area contributed by atoms with Crippen LogP contribution in [0, 0.1) is 11.8 Å². The number of hydrogen-bond acceptors (Lipinski definition) is 4. The normalized spacial score (nSPS) is 26.2. The molecule has 0 spiro atoms. The second-order valence-corrected chi connectivity index (χ2v) is 7.55. The number of nitrogens with zero attached hydrogens (tertiary/aromatic N) is 2. The smallest absolute Gasteiger partial charge is 0.0541 e. The first kappa shape index (κ1) is 18.2. The highest BCUT2D eigenvalue weighted by molar-refractivity contribution is 4.77. The maximum Gasteiger partial charge on any atom is 0.0541 e. The Hall–Kier alpha value is -0.160. The Morgan fingerprint density at radius 1 is 0.727 bits per heavy atom. The first-order chi connectivity index (χ1) is 10.6. The van der Waals surface area contributed by atoms with Gasteiger partial charge >= 0.3 is 0 Å². The van der Waals surface area contributed by atoms with Crippen molar-refractivity contribution in [3.63, 3.8) is 0 Å². The first-order valence-corrected chi connectivity index (χ1v) is 9.37. The van der Waals surface area contributed by atoms with Gasteiger partial charge in [-0.3, -0.25) is 0 Å². The molecule has 0 aromatic rings. The summed E-state index contributed by atoms with van der Waals surface area (Å²) in [6, 6.07) is 0. The Morgan fingerprint density at radius 3 is 1.32 bits per heavy atom. The molecule has 2 unspecified atom stereocenters. The second-order valence-electron chi connectivity index (χ2n) is 7.55. The van der Waals surface area contributed by atoms with Gasteiger partial charge in [0.2, 0.25) is 0 Å². The Morgan fingerprint density at radius 2 is 1.05 bits per heavy atom. The van der Waals surface area contributed by atoms with Crippen LogP contribution in [0.15, 0.2) is 0 Å². The molecule has 0 aromatic heterocycles. The van der Waals surface area contributed by atoms with E-state index in [1.54, 1.807) is 0 Å². The van der Waals surface area contributed by atoms with Gasteiger partial charge in [-0.2, -0.15) is 0 Å². The molecule has 2 aliphatic heterocycles. The van der Waals surface area contributed by atoms with E-state index in [1.807, 2.05) is 13.8 Å². The molecule has 2 fully saturated rings. The average molecular weight is 312 g/mol. The molecule has 0 aromatic carbocycles. The van der Waals surface area contributed by atoms with E-state index in [0.29, 0.717) is 11.8 Å². The van der Waals surface area contributed by atoms with Crippen LogP contribution >= 0.6 is 0 Å². The summed E-state index contributed by atoms with van der Waals surface area (Å²) < 4.78 is 0. The second kappa shape index (κ2) is 9.21. The summed E-state index contributed by atoms with van der Waals surface area (Å²) in [4.78, 5) is 5.14. The maximum absolute atomic E-state index is 9.63. The largest absolute Gasteiger partial charge is 0.393 e. The molecule has 4 heteroatoms. The summed E-state index contributed by atoms with van der Waals surface area (Å²) in [5.74, 6) is 1.04. The highest BCUT2D eigenvalue weighted by atomic mass is 16.3. The molecule has 0 radical (unpaired) electrons. The van der Waals surface area contributed by atoms with Crippen LogP contribution in [0.4, 0.5) is 0 Å². The van der Waals surface area contributed by atoms with Gasteiger partial charge in [-0.05, 0) is 103 Å². The molecule has 2 atom stereocenters. The third-order valence-electron chi connectivity index (χ3n) is 5.83. The summed E-state index contributed by atoms with van der Waals surface area (Å²) in [6.07, 6.45) is 6.94. The first-order valence-electron chi connectivity index (χ1n) is 9.37. The average Bonchev–Trinajstić information content (AvgIpc) is 2.52. The van der Waals surface area contributed by atoms with Crippen molar-refractivity contribution in [3.8, 4) is 0 Å². The fourth-order valence-corrected chi connectivity index (χ4v) is 3.99. The number of unbranched alkanes of at least 4 members (excludes halogenated alkanes) is 1. The van der Waals surface area contributed by atoms with Crippen molar-refractivity contribution in [1.82, 2.24) is 9.80 Å². The summed E-state index contributed by atoms with van der Waals surface area (Å²) in [7, 11) is 0. The zero-order valence-corrected chi connectivity index (χ0v) is 14.6. The van der Waals surface area contributed by atoms with Gasteiger partial charge in [-0.15, -0.1) is 0 Å². The molecule has 0 saturated carbocycles. The Kier molecular flexibility index (Phi) is 7.61. The van der Waals surface area contributed by atoms with Gasteiger partial charge in [0.1, 0.15) is 0 Å². The van der Waals surface area contributed by atoms with E-state index in [-0.39, 0.29) is 12.2 Å². The number of piperidine rings is 2. The standard InChI is InChI=1S/C18H36N2O2/c1-15(21)17-5-11-19(12-6-17)9-3-4-10-20-13-7-18(8-14-20)16(2)22/h15-18,21-22H,3-14H2,1-2H3. The van der Waals surface area contributed by atoms with Crippen LogP contribution in [0.5, 0.6) is 0 Å². The van der Waals surface area contributed by atoms with Gasteiger partial charge in [0.05, 0.1) is 12.2 Å². The Bertz CT molecular complexity index is 263. The van der Waals surface area contributed by atoms with Gasteiger partial charge in [0.15, 0.2) is 0 Å². The Balaban J connectivity index is 1.50. The van der Waals surface area contributed by atoms with E-state index in [1.165, 1.54) is 25.9 Å². The maximum atomic E-state index is 9.63. The molecule has 2 saturated heterocycles. The van der Waals surface area contributed by atoms with Crippen LogP contribution in [0.3, 0.4) is 0 Å². The van der Waals surface area contributed by atoms with Gasteiger partial charge in [0, 0.05) is 0 Å². The molecule has 2 aliphatic rings. The van der Waals surface area contributed by atoms with Crippen molar-refractivity contribution < 1.29 is 10.2 Å². The number of rotatable bonds is 7. The molecule has 0 bridgehead atoms. The monoisotopic (exact) mass is 312 g/mol. The third-order valence-corrected chi connectivity index (χ3v) is 5.83. The lowest BCUT2D eigenvalue weighted by molar-refractivity contribution is 0.0666. The highest BCUT2D eigenvalue weighted by Gasteiger charge is 2.23. The highest BCUT2D eigenvalue weighted by Crippen LogP contribution is 2.22. The fourth-order valence-electron chi connectivity index (χ4n) is 3.99. The van der Waals surface area contributed by atoms with E-state index >= 15 is 0 Å². The van der Waals surface area contributed by atoms with Crippen molar-refractivity contribution in [3.05, 3.63) is 0 Å². The van der Waals surface area contributed by atoms with Crippen LogP contribution in [0.2, 0.25) is 0 Å². The fraction of sp³-hybridized carbons (Fsp3) is 1.00. The van der Waals surface area contributed by atoms with E-state index in [2.05, 4.69) is 9.80 Å². The van der Waals surface area contributed by atoms with Crippen molar-refractivity contribution in [1.29, 1.82) is 0 Å². The molecule has 4 nitrogen and oxygen atoms in total. The molecule has 2 N–H and O–H groups in total. The lowest BCUT2D eigenvalue weighted by Crippen LogP contribution is -2.39. The van der Waals surface area contributed by atoms with Gasteiger partial charge < -0.3 is 20.0 Å². The molecule has 2 heterocycles. The van der Waals surface area contributed by atoms with Crippen LogP contribution in [0.1, 0.15) is 52.4 Å². The predicted molar refractivity (Wildman–Crippen MR) is 90.9 cm³/mol. The summed E-state index contributed by atoms with van der Waals surface area (Å²) in [6.45, 7) is 10.9. The van der Waals surface area contributed by atoms with Crippen LogP contribution < -0.4 is 0 Å². The van der Waals surface area contributed by atoms with E-state index in [0.717, 1.165) is 51.9 Å². The minimum Gasteiger partial charge on any atom is -0.393 e. The molecule has 22 heavy (non-hydrogen) atoms. The van der Waals surface area contributed by atoms with Crippen molar-refractivity contribution >= 4 is 0 Å². The number of aliphatic hydroxyl groups excluding tert-OH is 2. The molecule has 0 amide bonds. The minimum atomic E-state index is -0.133. The zero-order valence-electron chi connectivity index (χ0n) is 14.6. The third kappa shape index (κ3) is 5.80. The SMILES string of the molecule is CC(O)C1CCN(CCCCN2CCC(C(C)O)CC2)CC1. The van der Waals surface area contributed by atoms with Gasteiger partial charge in [-0.1, -0.05) is 0 Å². The lowest BCUT2D eigenvalue weighted by Gasteiger charge is -2.34. The van der Waals surface area contributed by atoms with Crippen molar-refractivity contribution in [2.45, 2.75) is 64.6 Å². The van der Waals surface area contributed by atoms with Crippen LogP contribution in [-0.2, 0) is 0 Å². The zero-order chi connectivity index (χ0) is 15.9. The summed E-state index contributed by atoms with van der Waals surface area (Å²) >= 11 is 0. The van der Waals surface area contributed by atoms with E-state index < -0.39 is 0 Å². The van der Waals surface area contributed by atoms with E-state index in [9.17, 15) is 10.2 Å². The van der Waals surface area contributed by atoms with Crippen molar-refractivity contribution in [2.24, 2.45) is 11.8 Å². The minimum absolute atomic E-state index is 0.133. The number of hydrogen-bond donors (Lipinski definition) is 2. The molecule has 2 rings (SSSR count). The molecular formula is C18H36N2O2. The quantitative estimate of drug-likeness (QED) is 0.706. The lowest BCUT2D eigenvalue weighted by atomic mass is 9.92. The molecule has 130 valence electrons. The molecule has 0 aliphatic carbocycles. The van der Waals surface area contributed by atoms with Gasteiger partial charge in [-0.25, -0.2) is 0 Å². The van der Waals surface area contributed by atoms with Crippen molar-refractivity contribution in [2.75, 3.05) is 39.3 Å². The van der Waals surface area contributed by atoms with Crippen LogP contribution in [-0.4, -0.2) is 71.5 Å². The summed E-state index contributed by atoms with van der Waals surface area (Å²) in [5.41, 5.74) is 0. The number of likely N-dealkylation sites (tertiary alicyclic amines) is 2. The number of aliphatic hydroxyl groups is 2. The Labute approximate surface area is 136 Å². The van der Waals surface area contributed by atoms with E-state index in [4.69, 9.17) is 0 Å². The van der Waals surface area contributed by atoms with Gasteiger partial charge in [0.25, 0.3) is 0 Å². The molecular weight excluding hydrogens is 276 g/mol. The van der Waals surface area contributed by atoms with Crippen LogP contribution in [0.25, 0.3) is 0 Å². The summed E-state index contributed by atoms with van der Waals surface area (Å²) in [5, 5.41) is 19.3. The predicted octanol–water partition coefficient (Wildman–Crippen LogP) is 1.95. The topological polar surface area (TPSA) is 46.9 Å².